The van der Waals surface area contributed by atoms with Crippen LogP contribution < -0.4 is 4.90 Å². The van der Waals surface area contributed by atoms with Gasteiger partial charge < -0.3 is 0 Å². The molecular formula is C13H9ClFN3O2. The summed E-state index contributed by atoms with van der Waals surface area (Å²) in [6, 6.07) is 6.38. The second kappa shape index (κ2) is 5.75. The molecule has 0 aliphatic carbocycles. The molecule has 0 bridgehead atoms. The van der Waals surface area contributed by atoms with Crippen LogP contribution in [-0.2, 0) is 4.79 Å². The molecule has 2 aromatic rings. The average Bonchev–Trinajstić information content (AvgIpc) is 2.41. The van der Waals surface area contributed by atoms with E-state index in [9.17, 15) is 14.1 Å². The van der Waals surface area contributed by atoms with Crippen LogP contribution in [0, 0.1) is 10.7 Å². The van der Waals surface area contributed by atoms with Crippen molar-refractivity contribution < 1.29 is 9.18 Å². The average molecular weight is 294 g/mol. The van der Waals surface area contributed by atoms with Gasteiger partial charge in [-0.15, -0.1) is 4.91 Å². The Bertz CT molecular complexity index is 678. The van der Waals surface area contributed by atoms with E-state index in [4.69, 9.17) is 11.6 Å². The molecule has 0 spiro atoms. The van der Waals surface area contributed by atoms with Crippen LogP contribution in [0.2, 0.25) is 5.02 Å². The summed E-state index contributed by atoms with van der Waals surface area (Å²) < 4.78 is 13.1. The number of rotatable bonds is 3. The van der Waals surface area contributed by atoms with Crippen molar-refractivity contribution >= 4 is 34.7 Å². The quantitative estimate of drug-likeness (QED) is 0.805. The lowest BCUT2D eigenvalue weighted by Crippen LogP contribution is -2.24. The Labute approximate surface area is 119 Å². The number of anilines is 2. The van der Waals surface area contributed by atoms with Gasteiger partial charge in [0.25, 0.3) is 0 Å². The molecule has 0 aliphatic rings. The number of pyridine rings is 1. The maximum Gasteiger partial charge on any atom is 0.229 e. The number of carbonyl (C=O) groups excluding carboxylic acids is 1. The lowest BCUT2D eigenvalue weighted by atomic mass is 10.2. The minimum Gasteiger partial charge on any atom is -0.274 e. The molecule has 1 amide bonds. The third-order valence-electron chi connectivity index (χ3n) is 2.53. The normalized spacial score (nSPS) is 10.2. The Hall–Kier alpha value is -2.34. The van der Waals surface area contributed by atoms with Crippen LogP contribution in [0.3, 0.4) is 0 Å². The number of hydrogen-bond acceptors (Lipinski definition) is 4. The topological polar surface area (TPSA) is 62.6 Å². The number of nitroso groups, excluding NO2 is 1. The molecule has 0 N–H and O–H groups in total. The van der Waals surface area contributed by atoms with Gasteiger partial charge in [-0.3, -0.25) is 9.69 Å². The van der Waals surface area contributed by atoms with E-state index in [1.807, 2.05) is 0 Å². The van der Waals surface area contributed by atoms with E-state index in [2.05, 4.69) is 10.2 Å². The summed E-state index contributed by atoms with van der Waals surface area (Å²) in [6.45, 7) is 1.31. The zero-order chi connectivity index (χ0) is 14.7. The van der Waals surface area contributed by atoms with Crippen molar-refractivity contribution in [3.63, 3.8) is 0 Å². The first-order valence-corrected chi connectivity index (χ1v) is 5.96. The van der Waals surface area contributed by atoms with Crippen molar-refractivity contribution in [3.05, 3.63) is 52.3 Å². The Kier molecular flexibility index (Phi) is 4.05. The van der Waals surface area contributed by atoms with Crippen molar-refractivity contribution in [1.29, 1.82) is 0 Å². The molecule has 0 atom stereocenters. The zero-order valence-corrected chi connectivity index (χ0v) is 11.1. The highest BCUT2D eigenvalue weighted by Crippen LogP contribution is 2.32. The summed E-state index contributed by atoms with van der Waals surface area (Å²) in [5.74, 6) is -0.712. The molecule has 7 heteroatoms. The summed E-state index contributed by atoms with van der Waals surface area (Å²) in [4.78, 5) is 27.5. The number of benzene rings is 1. The number of amides is 1. The fourth-order valence-corrected chi connectivity index (χ4v) is 1.96. The molecule has 2 rings (SSSR count). The monoisotopic (exact) mass is 293 g/mol. The van der Waals surface area contributed by atoms with Gasteiger partial charge in [0.2, 0.25) is 5.91 Å². The van der Waals surface area contributed by atoms with Crippen molar-refractivity contribution in [3.8, 4) is 0 Å². The van der Waals surface area contributed by atoms with Gasteiger partial charge in [0.1, 0.15) is 17.3 Å². The van der Waals surface area contributed by atoms with Gasteiger partial charge >= 0.3 is 0 Å². The van der Waals surface area contributed by atoms with Crippen LogP contribution >= 0.6 is 11.6 Å². The molecule has 102 valence electrons. The van der Waals surface area contributed by atoms with Crippen LogP contribution in [0.15, 0.2) is 41.7 Å². The first-order valence-electron chi connectivity index (χ1n) is 5.58. The summed E-state index contributed by atoms with van der Waals surface area (Å²) in [6.07, 6.45) is 1.35. The van der Waals surface area contributed by atoms with Gasteiger partial charge in [-0.2, -0.15) is 0 Å². The smallest absolute Gasteiger partial charge is 0.229 e. The zero-order valence-electron chi connectivity index (χ0n) is 10.4. The Morgan fingerprint density at radius 3 is 2.70 bits per heavy atom. The molecule has 20 heavy (non-hydrogen) atoms. The molecule has 0 aliphatic heterocycles. The third kappa shape index (κ3) is 2.80. The second-order valence-corrected chi connectivity index (χ2v) is 4.32. The Balaban J connectivity index is 2.56. The fraction of sp³-hybridized carbons (Fsp3) is 0.0769. The molecule has 0 saturated carbocycles. The van der Waals surface area contributed by atoms with Crippen molar-refractivity contribution in [2.24, 2.45) is 5.18 Å². The fourth-order valence-electron chi connectivity index (χ4n) is 1.70. The van der Waals surface area contributed by atoms with Crippen molar-refractivity contribution in [1.82, 2.24) is 4.98 Å². The van der Waals surface area contributed by atoms with Gasteiger partial charge in [-0.05, 0) is 29.4 Å². The molecular weight excluding hydrogens is 285 g/mol. The molecule has 1 aromatic heterocycles. The first-order chi connectivity index (χ1) is 9.52. The number of carbonyl (C=O) groups is 1. The SMILES string of the molecule is CC(=O)N(c1cc(N=O)ccn1)c1ccc(F)cc1Cl. The first kappa shape index (κ1) is 14.1. The number of halogens is 2. The third-order valence-corrected chi connectivity index (χ3v) is 2.83. The molecule has 1 heterocycles. The maximum absolute atomic E-state index is 13.1. The summed E-state index contributed by atoms with van der Waals surface area (Å²) in [7, 11) is 0. The van der Waals surface area contributed by atoms with Gasteiger partial charge in [-0.1, -0.05) is 11.6 Å². The summed E-state index contributed by atoms with van der Waals surface area (Å²) >= 11 is 5.95. The van der Waals surface area contributed by atoms with Gasteiger partial charge in [0, 0.05) is 19.2 Å². The number of aromatic nitrogens is 1. The predicted molar refractivity (Wildman–Crippen MR) is 73.9 cm³/mol. The molecule has 0 unspecified atom stereocenters. The molecule has 0 fully saturated rings. The van der Waals surface area contributed by atoms with E-state index in [-0.39, 0.29) is 28.1 Å². The van der Waals surface area contributed by atoms with Gasteiger partial charge in [0.15, 0.2) is 0 Å². The van der Waals surface area contributed by atoms with Crippen molar-refractivity contribution in [2.75, 3.05) is 4.90 Å². The van der Waals surface area contributed by atoms with E-state index < -0.39 is 5.82 Å². The van der Waals surface area contributed by atoms with Crippen LogP contribution in [-0.4, -0.2) is 10.9 Å². The highest BCUT2D eigenvalue weighted by Gasteiger charge is 2.19. The predicted octanol–water partition coefficient (Wildman–Crippen LogP) is 3.96. The maximum atomic E-state index is 13.1. The largest absolute Gasteiger partial charge is 0.274 e. The van der Waals surface area contributed by atoms with Crippen LogP contribution in [0.25, 0.3) is 0 Å². The lowest BCUT2D eigenvalue weighted by Gasteiger charge is -2.21. The van der Waals surface area contributed by atoms with Crippen LogP contribution in [0.1, 0.15) is 6.92 Å². The van der Waals surface area contributed by atoms with E-state index in [0.717, 1.165) is 6.07 Å². The summed E-state index contributed by atoms with van der Waals surface area (Å²) in [5.41, 5.74) is 0.399. The highest BCUT2D eigenvalue weighted by molar-refractivity contribution is 6.34. The molecule has 0 saturated heterocycles. The summed E-state index contributed by atoms with van der Waals surface area (Å²) in [5, 5.41) is 2.84. The van der Waals surface area contributed by atoms with E-state index in [1.54, 1.807) is 0 Å². The van der Waals surface area contributed by atoms with E-state index >= 15 is 0 Å². The van der Waals surface area contributed by atoms with Gasteiger partial charge in [0.05, 0.1) is 10.7 Å². The highest BCUT2D eigenvalue weighted by atomic mass is 35.5. The Morgan fingerprint density at radius 1 is 1.35 bits per heavy atom. The van der Waals surface area contributed by atoms with E-state index in [1.165, 1.54) is 42.3 Å². The van der Waals surface area contributed by atoms with E-state index in [0.29, 0.717) is 0 Å². The molecule has 1 aromatic carbocycles. The number of nitrogens with zero attached hydrogens (tertiary/aromatic N) is 3. The van der Waals surface area contributed by atoms with Gasteiger partial charge in [-0.25, -0.2) is 9.37 Å². The van der Waals surface area contributed by atoms with Crippen LogP contribution in [0.5, 0.6) is 0 Å². The molecule has 0 radical (unpaired) electrons. The van der Waals surface area contributed by atoms with Crippen molar-refractivity contribution in [2.45, 2.75) is 6.92 Å². The Morgan fingerprint density at radius 2 is 2.10 bits per heavy atom. The standard InChI is InChI=1S/C13H9ClFN3O2/c1-8(19)18(12-3-2-9(15)6-11(12)14)13-7-10(17-20)4-5-16-13/h2-7H,1H3. The molecule has 5 nitrogen and oxygen atoms in total. The lowest BCUT2D eigenvalue weighted by molar-refractivity contribution is -0.115. The van der Waals surface area contributed by atoms with Crippen LogP contribution in [0.4, 0.5) is 21.6 Å². The minimum atomic E-state index is -0.515. The second-order valence-electron chi connectivity index (χ2n) is 3.91. The number of hydrogen-bond donors (Lipinski definition) is 0. The minimum absolute atomic E-state index is 0.0615.